The number of hydrogen-bond acceptors (Lipinski definition) is 2. The van der Waals surface area contributed by atoms with Gasteiger partial charge in [0.15, 0.2) is 0 Å². The number of aryl methyl sites for hydroxylation is 3. The maximum Gasteiger partial charge on any atom is 0.106 e. The number of anilines is 2. The highest BCUT2D eigenvalue weighted by Crippen LogP contribution is 2.27. The molecule has 0 aliphatic heterocycles. The van der Waals surface area contributed by atoms with Crippen LogP contribution in [0, 0.1) is 20.8 Å². The maximum absolute atomic E-state index is 5.80. The van der Waals surface area contributed by atoms with Crippen molar-refractivity contribution in [3.05, 3.63) is 58.7 Å². The van der Waals surface area contributed by atoms with Crippen molar-refractivity contribution >= 4 is 28.6 Å². The van der Waals surface area contributed by atoms with Crippen LogP contribution in [0.25, 0.3) is 0 Å². The van der Waals surface area contributed by atoms with E-state index in [4.69, 9.17) is 18.0 Å². The lowest BCUT2D eigenvalue weighted by atomic mass is 10.1. The predicted octanol–water partition coefficient (Wildman–Crippen LogP) is 3.99. The van der Waals surface area contributed by atoms with Crippen molar-refractivity contribution in [2.24, 2.45) is 5.73 Å². The lowest BCUT2D eigenvalue weighted by Gasteiger charge is -2.16. The molecule has 2 aromatic rings. The van der Waals surface area contributed by atoms with Gasteiger partial charge in [-0.15, -0.1) is 0 Å². The largest absolute Gasteiger partial charge is 0.389 e. The van der Waals surface area contributed by atoms with Gasteiger partial charge in [0, 0.05) is 11.3 Å². The van der Waals surface area contributed by atoms with Gasteiger partial charge in [-0.3, -0.25) is 0 Å². The Kier molecular flexibility index (Phi) is 3.86. The minimum atomic E-state index is 0.413. The van der Waals surface area contributed by atoms with Gasteiger partial charge >= 0.3 is 0 Å². The molecule has 0 saturated carbocycles. The van der Waals surface area contributed by atoms with Gasteiger partial charge in [0.1, 0.15) is 4.99 Å². The molecule has 19 heavy (non-hydrogen) atoms. The normalized spacial score (nSPS) is 10.3. The minimum Gasteiger partial charge on any atom is -0.389 e. The quantitative estimate of drug-likeness (QED) is 0.828. The number of thiocarbonyl (C=S) groups is 1. The fourth-order valence-electron chi connectivity index (χ4n) is 2.04. The first-order valence-corrected chi connectivity index (χ1v) is 6.63. The maximum atomic E-state index is 5.80. The van der Waals surface area contributed by atoms with Crippen molar-refractivity contribution in [3.63, 3.8) is 0 Å². The fraction of sp³-hybridized carbons (Fsp3) is 0.188. The van der Waals surface area contributed by atoms with Crippen molar-refractivity contribution in [3.8, 4) is 0 Å². The highest BCUT2D eigenvalue weighted by atomic mass is 32.1. The number of hydrogen-bond donors (Lipinski definition) is 2. The fourth-order valence-corrected chi connectivity index (χ4v) is 2.21. The van der Waals surface area contributed by atoms with Crippen LogP contribution in [0.1, 0.15) is 22.3 Å². The van der Waals surface area contributed by atoms with E-state index in [0.29, 0.717) is 4.99 Å². The van der Waals surface area contributed by atoms with Crippen molar-refractivity contribution < 1.29 is 0 Å². The third-order valence-corrected chi connectivity index (χ3v) is 3.41. The summed E-state index contributed by atoms with van der Waals surface area (Å²) in [6, 6.07) is 12.3. The van der Waals surface area contributed by atoms with Crippen molar-refractivity contribution in [2.45, 2.75) is 20.8 Å². The van der Waals surface area contributed by atoms with E-state index in [1.165, 1.54) is 11.1 Å². The van der Waals surface area contributed by atoms with Crippen LogP contribution >= 0.6 is 12.2 Å². The molecule has 98 valence electrons. The summed E-state index contributed by atoms with van der Waals surface area (Å²) >= 11 is 5.12. The molecule has 0 spiro atoms. The Morgan fingerprint density at radius 1 is 1.05 bits per heavy atom. The predicted molar refractivity (Wildman–Crippen MR) is 86.3 cm³/mol. The summed E-state index contributed by atoms with van der Waals surface area (Å²) in [6.07, 6.45) is 0. The molecule has 2 aromatic carbocycles. The molecule has 0 saturated heterocycles. The monoisotopic (exact) mass is 270 g/mol. The van der Waals surface area contributed by atoms with Gasteiger partial charge in [0.05, 0.1) is 5.69 Å². The summed E-state index contributed by atoms with van der Waals surface area (Å²) in [5.74, 6) is 0. The van der Waals surface area contributed by atoms with Crippen molar-refractivity contribution in [2.75, 3.05) is 5.32 Å². The van der Waals surface area contributed by atoms with Gasteiger partial charge in [0.2, 0.25) is 0 Å². The van der Waals surface area contributed by atoms with E-state index in [2.05, 4.69) is 50.4 Å². The summed E-state index contributed by atoms with van der Waals surface area (Å²) < 4.78 is 0. The second-order valence-electron chi connectivity index (χ2n) is 4.81. The number of para-hydroxylation sites is 1. The van der Waals surface area contributed by atoms with Crippen LogP contribution in [0.5, 0.6) is 0 Å². The Morgan fingerprint density at radius 2 is 1.79 bits per heavy atom. The smallest absolute Gasteiger partial charge is 0.106 e. The van der Waals surface area contributed by atoms with E-state index in [9.17, 15) is 0 Å². The molecule has 0 aliphatic carbocycles. The molecular weight excluding hydrogens is 252 g/mol. The van der Waals surface area contributed by atoms with Crippen LogP contribution in [0.3, 0.4) is 0 Å². The molecule has 0 heterocycles. The van der Waals surface area contributed by atoms with E-state index in [0.717, 1.165) is 22.5 Å². The molecule has 0 unspecified atom stereocenters. The molecule has 0 bridgehead atoms. The van der Waals surface area contributed by atoms with Crippen LogP contribution in [0.4, 0.5) is 11.4 Å². The Bertz CT molecular complexity index is 633. The summed E-state index contributed by atoms with van der Waals surface area (Å²) in [6.45, 7) is 6.21. The van der Waals surface area contributed by atoms with Crippen LogP contribution in [-0.4, -0.2) is 4.99 Å². The lowest BCUT2D eigenvalue weighted by Crippen LogP contribution is -2.13. The van der Waals surface area contributed by atoms with Crippen LogP contribution in [0.15, 0.2) is 36.4 Å². The minimum absolute atomic E-state index is 0.413. The van der Waals surface area contributed by atoms with Crippen LogP contribution < -0.4 is 11.1 Å². The second-order valence-corrected chi connectivity index (χ2v) is 5.24. The Labute approximate surface area is 119 Å². The zero-order chi connectivity index (χ0) is 14.0. The topological polar surface area (TPSA) is 38.0 Å². The highest BCUT2D eigenvalue weighted by Gasteiger charge is 2.09. The average molecular weight is 270 g/mol. The van der Waals surface area contributed by atoms with Gasteiger partial charge in [-0.05, 0) is 49.6 Å². The molecule has 0 aromatic heterocycles. The highest BCUT2D eigenvalue weighted by molar-refractivity contribution is 7.80. The molecule has 2 nitrogen and oxygen atoms in total. The summed E-state index contributed by atoms with van der Waals surface area (Å²) in [5.41, 5.74) is 12.3. The van der Waals surface area contributed by atoms with E-state index >= 15 is 0 Å². The van der Waals surface area contributed by atoms with E-state index in [1.807, 2.05) is 12.1 Å². The first-order chi connectivity index (χ1) is 8.99. The molecule has 0 radical (unpaired) electrons. The first kappa shape index (κ1) is 13.6. The number of rotatable bonds is 3. The summed E-state index contributed by atoms with van der Waals surface area (Å²) in [7, 11) is 0. The zero-order valence-electron chi connectivity index (χ0n) is 11.4. The van der Waals surface area contributed by atoms with E-state index < -0.39 is 0 Å². The second kappa shape index (κ2) is 5.41. The molecule has 0 aliphatic rings. The summed E-state index contributed by atoms with van der Waals surface area (Å²) in [5, 5.41) is 3.46. The Hall–Kier alpha value is -1.87. The molecule has 3 N–H and O–H groups in total. The average Bonchev–Trinajstić information content (AvgIpc) is 2.35. The molecule has 2 rings (SSSR count). The van der Waals surface area contributed by atoms with Gasteiger partial charge in [-0.2, -0.15) is 0 Å². The van der Waals surface area contributed by atoms with E-state index in [1.54, 1.807) is 0 Å². The van der Waals surface area contributed by atoms with E-state index in [-0.39, 0.29) is 0 Å². The number of benzene rings is 2. The van der Waals surface area contributed by atoms with Crippen molar-refractivity contribution in [1.29, 1.82) is 0 Å². The number of nitrogens with one attached hydrogen (secondary N) is 1. The molecule has 0 amide bonds. The van der Waals surface area contributed by atoms with Crippen molar-refractivity contribution in [1.82, 2.24) is 0 Å². The molecule has 0 fully saturated rings. The SMILES string of the molecule is Cc1ccc(C)c(Nc2c(C)cccc2C(N)=S)c1. The summed E-state index contributed by atoms with van der Waals surface area (Å²) in [4.78, 5) is 0.413. The van der Waals surface area contributed by atoms with Crippen LogP contribution in [0.2, 0.25) is 0 Å². The first-order valence-electron chi connectivity index (χ1n) is 6.22. The lowest BCUT2D eigenvalue weighted by molar-refractivity contribution is 1.35. The van der Waals surface area contributed by atoms with Crippen LogP contribution in [-0.2, 0) is 0 Å². The molecule has 0 atom stereocenters. The standard InChI is InChI=1S/C16H18N2S/c1-10-7-8-11(2)14(9-10)18-15-12(3)5-4-6-13(15)16(17)19/h4-9,18H,1-3H3,(H2,17,19). The zero-order valence-corrected chi connectivity index (χ0v) is 12.3. The molecular formula is C16H18N2S. The third-order valence-electron chi connectivity index (χ3n) is 3.19. The van der Waals surface area contributed by atoms with Gasteiger partial charge < -0.3 is 11.1 Å². The van der Waals surface area contributed by atoms with Gasteiger partial charge in [-0.1, -0.05) is 36.5 Å². The Balaban J connectivity index is 2.49. The molecule has 3 heteroatoms. The van der Waals surface area contributed by atoms with Gasteiger partial charge in [-0.25, -0.2) is 0 Å². The Morgan fingerprint density at radius 3 is 2.47 bits per heavy atom. The van der Waals surface area contributed by atoms with Gasteiger partial charge in [0.25, 0.3) is 0 Å². The number of nitrogens with two attached hydrogens (primary N) is 1. The third kappa shape index (κ3) is 2.93.